The zero-order chi connectivity index (χ0) is 12.3. The van der Waals surface area contributed by atoms with Crippen molar-refractivity contribution in [2.24, 2.45) is 0 Å². The van der Waals surface area contributed by atoms with Crippen molar-refractivity contribution in [1.82, 2.24) is 0 Å². The van der Waals surface area contributed by atoms with E-state index in [1.54, 1.807) is 13.0 Å². The predicted molar refractivity (Wildman–Crippen MR) is 59.7 cm³/mol. The van der Waals surface area contributed by atoms with E-state index >= 15 is 0 Å². The van der Waals surface area contributed by atoms with Gasteiger partial charge in [-0.2, -0.15) is 0 Å². The maximum absolute atomic E-state index is 11.1. The smallest absolute Gasteiger partial charge is 0.302 e. The van der Waals surface area contributed by atoms with Crippen molar-refractivity contribution >= 4 is 25.7 Å². The van der Waals surface area contributed by atoms with Crippen molar-refractivity contribution < 1.29 is 17.9 Å². The molecule has 88 valence electrons. The van der Waals surface area contributed by atoms with Gasteiger partial charge in [-0.15, -0.1) is 0 Å². The summed E-state index contributed by atoms with van der Waals surface area (Å²) in [5.41, 5.74) is 1.33. The van der Waals surface area contributed by atoms with Crippen molar-refractivity contribution in [3.8, 4) is 0 Å². The van der Waals surface area contributed by atoms with Crippen LogP contribution in [0.25, 0.3) is 0 Å². The molecular formula is C10H11ClO4S. The van der Waals surface area contributed by atoms with Crippen molar-refractivity contribution in [1.29, 1.82) is 0 Å². The molecule has 0 N–H and O–H groups in total. The van der Waals surface area contributed by atoms with E-state index in [-0.39, 0.29) is 11.5 Å². The number of carbonyl (C=O) groups is 1. The van der Waals surface area contributed by atoms with Crippen LogP contribution < -0.4 is 0 Å². The molecule has 0 atom stereocenters. The third-order valence-corrected chi connectivity index (χ3v) is 3.17. The lowest BCUT2D eigenvalue weighted by atomic mass is 10.1. The van der Waals surface area contributed by atoms with Gasteiger partial charge in [0.1, 0.15) is 6.61 Å². The molecule has 0 spiro atoms. The highest BCUT2D eigenvalue weighted by atomic mass is 35.7. The first-order valence-corrected chi connectivity index (χ1v) is 6.78. The van der Waals surface area contributed by atoms with E-state index in [0.29, 0.717) is 5.56 Å². The molecule has 0 aliphatic heterocycles. The lowest BCUT2D eigenvalue weighted by molar-refractivity contribution is -0.142. The molecule has 1 aromatic rings. The highest BCUT2D eigenvalue weighted by Gasteiger charge is 2.11. The average molecular weight is 263 g/mol. The fourth-order valence-electron chi connectivity index (χ4n) is 1.23. The van der Waals surface area contributed by atoms with E-state index in [4.69, 9.17) is 15.4 Å². The van der Waals surface area contributed by atoms with Crippen molar-refractivity contribution in [3.05, 3.63) is 29.3 Å². The largest absolute Gasteiger partial charge is 0.461 e. The lowest BCUT2D eigenvalue weighted by Crippen LogP contribution is -2.01. The van der Waals surface area contributed by atoms with Crippen LogP contribution >= 0.6 is 10.7 Å². The SMILES string of the molecule is CC(=O)OCc1cc(C)cc(S(=O)(=O)Cl)c1. The van der Waals surface area contributed by atoms with Gasteiger partial charge in [-0.3, -0.25) is 4.79 Å². The first-order valence-electron chi connectivity index (χ1n) is 4.47. The van der Waals surface area contributed by atoms with Gasteiger partial charge in [0.2, 0.25) is 0 Å². The third-order valence-electron chi connectivity index (χ3n) is 1.83. The number of hydrogen-bond acceptors (Lipinski definition) is 4. The molecule has 16 heavy (non-hydrogen) atoms. The number of aryl methyl sites for hydroxylation is 1. The fourth-order valence-corrected chi connectivity index (χ4v) is 2.12. The highest BCUT2D eigenvalue weighted by Crippen LogP contribution is 2.19. The molecule has 0 amide bonds. The lowest BCUT2D eigenvalue weighted by Gasteiger charge is -2.05. The van der Waals surface area contributed by atoms with Crippen LogP contribution in [0.1, 0.15) is 18.1 Å². The molecule has 0 radical (unpaired) electrons. The Kier molecular flexibility index (Phi) is 3.93. The quantitative estimate of drug-likeness (QED) is 0.617. The minimum Gasteiger partial charge on any atom is -0.461 e. The maximum Gasteiger partial charge on any atom is 0.302 e. The third kappa shape index (κ3) is 3.83. The van der Waals surface area contributed by atoms with Crippen molar-refractivity contribution in [2.75, 3.05) is 0 Å². The van der Waals surface area contributed by atoms with Crippen LogP contribution in [-0.4, -0.2) is 14.4 Å². The Labute approximate surface area is 98.6 Å². The summed E-state index contributed by atoms with van der Waals surface area (Å²) in [6, 6.07) is 4.58. The molecule has 0 fully saturated rings. The maximum atomic E-state index is 11.1. The van der Waals surface area contributed by atoms with Crippen molar-refractivity contribution in [2.45, 2.75) is 25.3 Å². The van der Waals surface area contributed by atoms with Gasteiger partial charge in [-0.05, 0) is 30.2 Å². The van der Waals surface area contributed by atoms with E-state index in [2.05, 4.69) is 0 Å². The van der Waals surface area contributed by atoms with Gasteiger partial charge in [0.05, 0.1) is 4.90 Å². The average Bonchev–Trinajstić information content (AvgIpc) is 2.12. The number of hydrogen-bond donors (Lipinski definition) is 0. The van der Waals surface area contributed by atoms with Crippen LogP contribution in [0, 0.1) is 6.92 Å². The molecular weight excluding hydrogens is 252 g/mol. The number of ether oxygens (including phenoxy) is 1. The van der Waals surface area contributed by atoms with Gasteiger partial charge >= 0.3 is 5.97 Å². The highest BCUT2D eigenvalue weighted by molar-refractivity contribution is 8.13. The first kappa shape index (κ1) is 13.0. The normalized spacial score (nSPS) is 11.2. The molecule has 0 saturated heterocycles. The van der Waals surface area contributed by atoms with E-state index in [9.17, 15) is 13.2 Å². The fraction of sp³-hybridized carbons (Fsp3) is 0.300. The van der Waals surface area contributed by atoms with Gasteiger partial charge in [-0.1, -0.05) is 6.07 Å². The number of halogens is 1. The van der Waals surface area contributed by atoms with Crippen LogP contribution in [0.5, 0.6) is 0 Å². The molecule has 1 aromatic carbocycles. The number of benzene rings is 1. The Morgan fingerprint density at radius 1 is 1.38 bits per heavy atom. The van der Waals surface area contributed by atoms with E-state index < -0.39 is 15.0 Å². The second-order valence-corrected chi connectivity index (χ2v) is 5.94. The van der Waals surface area contributed by atoms with E-state index in [1.165, 1.54) is 19.1 Å². The Morgan fingerprint density at radius 3 is 2.50 bits per heavy atom. The summed E-state index contributed by atoms with van der Waals surface area (Å²) < 4.78 is 27.0. The van der Waals surface area contributed by atoms with Crippen molar-refractivity contribution in [3.63, 3.8) is 0 Å². The topological polar surface area (TPSA) is 60.4 Å². The summed E-state index contributed by atoms with van der Waals surface area (Å²) in [5.74, 6) is -0.420. The van der Waals surface area contributed by atoms with Crippen LogP contribution in [0.3, 0.4) is 0 Å². The zero-order valence-electron chi connectivity index (χ0n) is 8.86. The monoisotopic (exact) mass is 262 g/mol. The Morgan fingerprint density at radius 2 is 2.00 bits per heavy atom. The van der Waals surface area contributed by atoms with Crippen LogP contribution in [-0.2, 0) is 25.2 Å². The molecule has 0 unspecified atom stereocenters. The molecule has 0 saturated carbocycles. The predicted octanol–water partition coefficient (Wildman–Crippen LogP) is 1.99. The molecule has 0 aliphatic carbocycles. The van der Waals surface area contributed by atoms with Gasteiger partial charge < -0.3 is 4.74 Å². The minimum absolute atomic E-state index is 0.0105. The Balaban J connectivity index is 3.04. The minimum atomic E-state index is -3.75. The van der Waals surface area contributed by atoms with Crippen LogP contribution in [0.4, 0.5) is 0 Å². The molecule has 0 heterocycles. The second kappa shape index (κ2) is 4.84. The molecule has 4 nitrogen and oxygen atoms in total. The molecule has 1 rings (SSSR count). The van der Waals surface area contributed by atoms with Crippen LogP contribution in [0.15, 0.2) is 23.1 Å². The molecule has 0 aromatic heterocycles. The number of esters is 1. The van der Waals surface area contributed by atoms with Gasteiger partial charge in [0.25, 0.3) is 9.05 Å². The van der Waals surface area contributed by atoms with E-state index in [0.717, 1.165) is 5.56 Å². The molecule has 0 aliphatic rings. The number of carbonyl (C=O) groups excluding carboxylic acids is 1. The number of rotatable bonds is 3. The van der Waals surface area contributed by atoms with Gasteiger partial charge in [-0.25, -0.2) is 8.42 Å². The van der Waals surface area contributed by atoms with Crippen LogP contribution in [0.2, 0.25) is 0 Å². The first-order chi connectivity index (χ1) is 7.29. The summed E-state index contributed by atoms with van der Waals surface area (Å²) in [4.78, 5) is 10.6. The molecule has 0 bridgehead atoms. The Bertz CT molecular complexity index is 508. The summed E-state index contributed by atoms with van der Waals surface area (Å²) in [7, 11) is 1.48. The molecule has 6 heteroatoms. The summed E-state index contributed by atoms with van der Waals surface area (Å²) >= 11 is 0. The Hall–Kier alpha value is -1.07. The van der Waals surface area contributed by atoms with Gasteiger partial charge in [0, 0.05) is 17.6 Å². The standard InChI is InChI=1S/C10H11ClO4S/c1-7-3-9(6-15-8(2)12)5-10(4-7)16(11,13)14/h3-5H,6H2,1-2H3. The summed E-state index contributed by atoms with van der Waals surface area (Å²) in [6.45, 7) is 3.06. The van der Waals surface area contributed by atoms with E-state index in [1.807, 2.05) is 0 Å². The zero-order valence-corrected chi connectivity index (χ0v) is 10.4. The second-order valence-electron chi connectivity index (χ2n) is 3.37. The summed E-state index contributed by atoms with van der Waals surface area (Å²) in [6.07, 6.45) is 0. The summed E-state index contributed by atoms with van der Waals surface area (Å²) in [5, 5.41) is 0. The van der Waals surface area contributed by atoms with Gasteiger partial charge in [0.15, 0.2) is 0 Å².